The van der Waals surface area contributed by atoms with Crippen LogP contribution in [0.15, 0.2) is 33.5 Å². The first-order chi connectivity index (χ1) is 8.69. The molecular weight excluding hydrogens is 284 g/mol. The van der Waals surface area contributed by atoms with Crippen LogP contribution in [0.2, 0.25) is 0 Å². The van der Waals surface area contributed by atoms with Crippen molar-refractivity contribution in [2.45, 2.75) is 16.2 Å². The summed E-state index contributed by atoms with van der Waals surface area (Å²) in [6.45, 7) is 1.85. The fourth-order valence-corrected chi connectivity index (χ4v) is 3.27. The maximum absolute atomic E-state index is 12.0. The second-order valence-corrected chi connectivity index (χ2v) is 6.40. The Balaban J connectivity index is 1.94. The number of nitrogens with zero attached hydrogens (tertiary/aromatic N) is 2. The number of benzene rings is 1. The topological polar surface area (TPSA) is 42.9 Å². The molecule has 1 aromatic carbocycles. The van der Waals surface area contributed by atoms with Crippen molar-refractivity contribution in [1.29, 1.82) is 0 Å². The summed E-state index contributed by atoms with van der Waals surface area (Å²) in [6, 6.07) is 7.69. The van der Waals surface area contributed by atoms with E-state index in [1.54, 1.807) is 11.8 Å². The van der Waals surface area contributed by atoms with Crippen LogP contribution < -0.4 is 0 Å². The summed E-state index contributed by atoms with van der Waals surface area (Å²) >= 11 is 4.45. The van der Waals surface area contributed by atoms with E-state index in [2.05, 4.69) is 9.36 Å². The SMILES string of the molecule is CSc1ccc(C(=O)CSc2nc(C)ns2)cc1. The van der Waals surface area contributed by atoms with Gasteiger partial charge in [-0.3, -0.25) is 4.79 Å². The van der Waals surface area contributed by atoms with Crippen molar-refractivity contribution < 1.29 is 4.79 Å². The molecule has 0 aliphatic rings. The lowest BCUT2D eigenvalue weighted by Gasteiger charge is -2.00. The van der Waals surface area contributed by atoms with Gasteiger partial charge in [0.1, 0.15) is 5.82 Å². The lowest BCUT2D eigenvalue weighted by atomic mass is 10.1. The van der Waals surface area contributed by atoms with E-state index in [4.69, 9.17) is 0 Å². The van der Waals surface area contributed by atoms with Crippen LogP contribution in [0.5, 0.6) is 0 Å². The van der Waals surface area contributed by atoms with Gasteiger partial charge in [0.25, 0.3) is 0 Å². The summed E-state index contributed by atoms with van der Waals surface area (Å²) in [4.78, 5) is 17.3. The number of aromatic nitrogens is 2. The lowest BCUT2D eigenvalue weighted by molar-refractivity contribution is 0.102. The van der Waals surface area contributed by atoms with Crippen molar-refractivity contribution >= 4 is 40.8 Å². The molecule has 1 heterocycles. The van der Waals surface area contributed by atoms with Gasteiger partial charge in [0.05, 0.1) is 5.75 Å². The van der Waals surface area contributed by atoms with E-state index in [0.29, 0.717) is 5.75 Å². The van der Waals surface area contributed by atoms with Crippen LogP contribution in [0, 0.1) is 6.92 Å². The molecule has 0 unspecified atom stereocenters. The molecule has 0 fully saturated rings. The molecule has 18 heavy (non-hydrogen) atoms. The predicted octanol–water partition coefficient (Wildman–Crippen LogP) is 3.54. The van der Waals surface area contributed by atoms with Crippen molar-refractivity contribution in [3.63, 3.8) is 0 Å². The Bertz CT molecular complexity index is 537. The second-order valence-electron chi connectivity index (χ2n) is 3.55. The minimum absolute atomic E-state index is 0.125. The standard InChI is InChI=1S/C12H12N2OS3/c1-8-13-12(18-14-8)17-7-11(15)9-3-5-10(16-2)6-4-9/h3-6H,7H2,1-2H3. The third kappa shape index (κ3) is 3.57. The van der Waals surface area contributed by atoms with E-state index in [9.17, 15) is 4.79 Å². The molecule has 0 aliphatic heterocycles. The summed E-state index contributed by atoms with van der Waals surface area (Å²) in [6.07, 6.45) is 2.02. The monoisotopic (exact) mass is 296 g/mol. The van der Waals surface area contributed by atoms with Gasteiger partial charge < -0.3 is 0 Å². The van der Waals surface area contributed by atoms with Crippen molar-refractivity contribution in [1.82, 2.24) is 9.36 Å². The molecule has 0 saturated heterocycles. The Labute approximate surface area is 119 Å². The Kier molecular flexibility index (Phi) is 4.79. The molecule has 0 spiro atoms. The predicted molar refractivity (Wildman–Crippen MR) is 77.9 cm³/mol. The maximum Gasteiger partial charge on any atom is 0.173 e. The minimum Gasteiger partial charge on any atom is -0.293 e. The molecule has 0 atom stereocenters. The molecule has 1 aromatic heterocycles. The van der Waals surface area contributed by atoms with Crippen LogP contribution in [-0.2, 0) is 0 Å². The molecule has 2 aromatic rings. The molecule has 0 saturated carbocycles. The average molecular weight is 296 g/mol. The summed E-state index contributed by atoms with van der Waals surface area (Å²) in [5.74, 6) is 1.30. The molecule has 2 rings (SSSR count). The highest BCUT2D eigenvalue weighted by atomic mass is 32.2. The normalized spacial score (nSPS) is 10.6. The molecule has 0 bridgehead atoms. The second kappa shape index (κ2) is 6.36. The largest absolute Gasteiger partial charge is 0.293 e. The molecule has 0 amide bonds. The van der Waals surface area contributed by atoms with Crippen molar-refractivity contribution in [3.05, 3.63) is 35.7 Å². The van der Waals surface area contributed by atoms with Crippen molar-refractivity contribution in [3.8, 4) is 0 Å². The fourth-order valence-electron chi connectivity index (χ4n) is 1.32. The van der Waals surface area contributed by atoms with E-state index in [-0.39, 0.29) is 5.78 Å². The highest BCUT2D eigenvalue weighted by Gasteiger charge is 2.08. The van der Waals surface area contributed by atoms with Crippen molar-refractivity contribution in [2.75, 3.05) is 12.0 Å². The number of hydrogen-bond acceptors (Lipinski definition) is 6. The Morgan fingerprint density at radius 1 is 1.33 bits per heavy atom. The van der Waals surface area contributed by atoms with Crippen LogP contribution in [0.4, 0.5) is 0 Å². The minimum atomic E-state index is 0.125. The number of carbonyl (C=O) groups is 1. The first-order valence-corrected chi connectivity index (χ1v) is 8.28. The number of ketones is 1. The molecule has 0 aliphatic carbocycles. The molecule has 3 nitrogen and oxygen atoms in total. The molecule has 94 valence electrons. The quantitative estimate of drug-likeness (QED) is 0.623. The Hall–Kier alpha value is -0.850. The van der Waals surface area contributed by atoms with Gasteiger partial charge in [-0.05, 0) is 36.8 Å². The maximum atomic E-state index is 12.0. The zero-order valence-electron chi connectivity index (χ0n) is 10.0. The highest BCUT2D eigenvalue weighted by molar-refractivity contribution is 8.01. The zero-order valence-corrected chi connectivity index (χ0v) is 12.5. The van der Waals surface area contributed by atoms with Gasteiger partial charge in [0.15, 0.2) is 10.1 Å². The number of carbonyl (C=O) groups excluding carboxylic acids is 1. The van der Waals surface area contributed by atoms with E-state index in [0.717, 1.165) is 15.7 Å². The van der Waals surface area contributed by atoms with Crippen LogP contribution >= 0.6 is 35.1 Å². The number of Topliss-reactive ketones (excluding diaryl/α,β-unsaturated/α-hetero) is 1. The first kappa shape index (κ1) is 13.6. The summed E-state index contributed by atoms with van der Waals surface area (Å²) < 4.78 is 4.93. The summed E-state index contributed by atoms with van der Waals surface area (Å²) in [5, 5.41) is 0. The molecule has 0 radical (unpaired) electrons. The number of hydrogen-bond donors (Lipinski definition) is 0. The summed E-state index contributed by atoms with van der Waals surface area (Å²) in [7, 11) is 0. The Morgan fingerprint density at radius 2 is 2.06 bits per heavy atom. The van der Waals surface area contributed by atoms with Gasteiger partial charge in [-0.25, -0.2) is 4.98 Å². The van der Waals surface area contributed by atoms with Gasteiger partial charge in [0, 0.05) is 10.5 Å². The van der Waals surface area contributed by atoms with Gasteiger partial charge in [-0.15, -0.1) is 11.8 Å². The van der Waals surface area contributed by atoms with Crippen molar-refractivity contribution in [2.24, 2.45) is 0 Å². The fraction of sp³-hybridized carbons (Fsp3) is 0.250. The van der Waals surface area contributed by atoms with Gasteiger partial charge in [-0.1, -0.05) is 23.9 Å². The van der Waals surface area contributed by atoms with Gasteiger partial charge in [-0.2, -0.15) is 4.37 Å². The molecular formula is C12H12N2OS3. The van der Waals surface area contributed by atoms with Crippen LogP contribution in [0.3, 0.4) is 0 Å². The summed E-state index contributed by atoms with van der Waals surface area (Å²) in [5.41, 5.74) is 0.751. The first-order valence-electron chi connectivity index (χ1n) is 5.29. The van der Waals surface area contributed by atoms with Crippen LogP contribution in [0.25, 0.3) is 0 Å². The molecule has 6 heteroatoms. The third-order valence-corrected chi connectivity index (χ3v) is 4.92. The Morgan fingerprint density at radius 3 is 2.61 bits per heavy atom. The lowest BCUT2D eigenvalue weighted by Crippen LogP contribution is -2.01. The molecule has 0 N–H and O–H groups in total. The van der Waals surface area contributed by atoms with E-state index in [1.807, 2.05) is 37.4 Å². The highest BCUT2D eigenvalue weighted by Crippen LogP contribution is 2.22. The average Bonchev–Trinajstić information content (AvgIpc) is 2.82. The van der Waals surface area contributed by atoms with Gasteiger partial charge in [0.2, 0.25) is 0 Å². The number of thioether (sulfide) groups is 2. The van der Waals surface area contributed by atoms with Crippen LogP contribution in [-0.4, -0.2) is 27.1 Å². The van der Waals surface area contributed by atoms with E-state index >= 15 is 0 Å². The smallest absolute Gasteiger partial charge is 0.173 e. The third-order valence-electron chi connectivity index (χ3n) is 2.25. The number of rotatable bonds is 5. The zero-order chi connectivity index (χ0) is 13.0. The van der Waals surface area contributed by atoms with E-state index < -0.39 is 0 Å². The van der Waals surface area contributed by atoms with E-state index in [1.165, 1.54) is 28.2 Å². The van der Waals surface area contributed by atoms with Gasteiger partial charge >= 0.3 is 0 Å². The van der Waals surface area contributed by atoms with Crippen LogP contribution in [0.1, 0.15) is 16.2 Å². The number of aryl methyl sites for hydroxylation is 1.